The summed E-state index contributed by atoms with van der Waals surface area (Å²) in [6, 6.07) is 21.9. The van der Waals surface area contributed by atoms with Crippen LogP contribution in [0.15, 0.2) is 89.0 Å². The van der Waals surface area contributed by atoms with Crippen molar-refractivity contribution in [3.05, 3.63) is 102 Å². The third-order valence-electron chi connectivity index (χ3n) is 16.9. The third-order valence-corrected chi connectivity index (χ3v) is 17.9. The summed E-state index contributed by atoms with van der Waals surface area (Å²) in [6.07, 6.45) is 8.05. The van der Waals surface area contributed by atoms with Crippen LogP contribution in [0.1, 0.15) is 107 Å². The number of aliphatic hydroxyl groups excluding tert-OH is 1. The fourth-order valence-corrected chi connectivity index (χ4v) is 13.4. The number of nitrogens with one attached hydrogen (secondary N) is 1. The van der Waals surface area contributed by atoms with Crippen LogP contribution in [0.5, 0.6) is 17.5 Å². The minimum absolute atomic E-state index is 0.00474. The number of β-amino-alcohol motifs (C(OH)–C–C–N with tert-alkyl or cyclic N) is 1. The van der Waals surface area contributed by atoms with Crippen LogP contribution in [-0.2, 0) is 19.1 Å². The lowest BCUT2D eigenvalue weighted by molar-refractivity contribution is -0.141. The summed E-state index contributed by atoms with van der Waals surface area (Å²) >= 11 is 1.56. The van der Waals surface area contributed by atoms with Crippen LogP contribution in [0.25, 0.3) is 21.7 Å². The number of hydrogen-bond donors (Lipinski definition) is 5. The van der Waals surface area contributed by atoms with E-state index in [1.807, 2.05) is 74.9 Å². The minimum Gasteiger partial charge on any atom is -0.507 e. The molecule has 5 aliphatic rings. The first-order valence-corrected chi connectivity index (χ1v) is 29.7. The summed E-state index contributed by atoms with van der Waals surface area (Å²) in [5, 5.41) is 37.2. The zero-order valence-corrected chi connectivity index (χ0v) is 47.5. The van der Waals surface area contributed by atoms with Gasteiger partial charge in [0.1, 0.15) is 30.4 Å². The second-order valence-electron chi connectivity index (χ2n) is 22.9. The number of amides is 3. The van der Waals surface area contributed by atoms with Crippen LogP contribution < -0.4 is 36.1 Å². The Kier molecular flexibility index (Phi) is 17.2. The summed E-state index contributed by atoms with van der Waals surface area (Å²) < 4.78 is 24.8. The number of likely N-dealkylation sites (tertiary alicyclic amines) is 2. The number of thiazole rings is 1. The SMILES string of the molecule is Cc1ncsc1-c1ccc([C@H](CCCC(N)=O)NC(=O)[C@@H]2C[C@@H](O)CN2C(=O)[C@H](c2cc(OCCN3CCC(OC4CC(Oc5cc(N6C7CC[C@@H]6CN(c6cc(-c8ccccc8O)nnc6N)C7)ccn5)C4)CC3)no2)C(C)C)cc1. The van der Waals surface area contributed by atoms with Gasteiger partial charge in [-0.05, 0) is 91.9 Å². The number of anilines is 3. The molecule has 4 saturated heterocycles. The predicted octanol–water partition coefficient (Wildman–Crippen LogP) is 6.79. The molecule has 7 N–H and O–H groups in total. The molecule has 4 aromatic heterocycles. The number of rotatable bonds is 22. The number of nitrogen functional groups attached to an aromatic ring is 1. The van der Waals surface area contributed by atoms with Crippen molar-refractivity contribution in [1.82, 2.24) is 40.4 Å². The van der Waals surface area contributed by atoms with E-state index in [0.29, 0.717) is 54.7 Å². The Morgan fingerprint density at radius 2 is 1.66 bits per heavy atom. The van der Waals surface area contributed by atoms with Crippen LogP contribution in [0, 0.1) is 12.8 Å². The zero-order valence-electron chi connectivity index (χ0n) is 46.7. The number of piperazine rings is 1. The molecule has 6 aromatic rings. The number of pyridine rings is 1. The number of hydrogen-bond acceptors (Lipinski definition) is 19. The number of para-hydroxylation sites is 1. The number of primary amides is 1. The Labute approximate surface area is 481 Å². The number of nitrogens with zero attached hydrogens (tertiary/aromatic N) is 9. The third kappa shape index (κ3) is 12.8. The lowest BCUT2D eigenvalue weighted by Crippen LogP contribution is -2.54. The number of nitrogens with two attached hydrogens (primary N) is 2. The molecule has 22 heteroatoms. The number of aromatic hydroxyl groups is 1. The smallest absolute Gasteiger partial charge is 0.254 e. The normalized spacial score (nSPS) is 22.7. The number of benzene rings is 2. The van der Waals surface area contributed by atoms with E-state index in [2.05, 4.69) is 57.5 Å². The molecular weight excluding hydrogens is 1060 g/mol. The summed E-state index contributed by atoms with van der Waals surface area (Å²) in [6.45, 7) is 10.1. The average molecular weight is 1140 g/mol. The van der Waals surface area contributed by atoms with Crippen LogP contribution in [-0.4, -0.2) is 151 Å². The molecule has 434 valence electrons. The van der Waals surface area contributed by atoms with E-state index in [-0.39, 0.29) is 73.2 Å². The number of aromatic nitrogens is 5. The van der Waals surface area contributed by atoms with E-state index in [9.17, 15) is 24.6 Å². The Balaban J connectivity index is 0.613. The van der Waals surface area contributed by atoms with Crippen molar-refractivity contribution in [3.8, 4) is 39.2 Å². The van der Waals surface area contributed by atoms with Gasteiger partial charge in [-0.25, -0.2) is 9.97 Å². The molecule has 3 amide bonds. The van der Waals surface area contributed by atoms with Gasteiger partial charge in [0.05, 0.1) is 51.8 Å². The summed E-state index contributed by atoms with van der Waals surface area (Å²) in [5.41, 5.74) is 19.6. The Hall–Kier alpha value is -7.40. The monoisotopic (exact) mass is 1140 g/mol. The van der Waals surface area contributed by atoms with E-state index >= 15 is 0 Å². The Bertz CT molecular complexity index is 3170. The van der Waals surface area contributed by atoms with Crippen molar-refractivity contribution in [2.24, 2.45) is 11.7 Å². The second kappa shape index (κ2) is 25.0. The van der Waals surface area contributed by atoms with Gasteiger partial charge >= 0.3 is 0 Å². The Morgan fingerprint density at radius 1 is 0.890 bits per heavy atom. The van der Waals surface area contributed by atoms with E-state index in [1.54, 1.807) is 29.5 Å². The number of phenolic OH excluding ortho intramolecular Hbond substituents is 1. The number of piperidine rings is 1. The highest BCUT2D eigenvalue weighted by Gasteiger charge is 2.45. The number of carbonyl (C=O) groups excluding carboxylic acids is 3. The number of fused-ring (bicyclic) bond motifs is 2. The number of ether oxygens (including phenoxy) is 3. The quantitative estimate of drug-likeness (QED) is 0.0468. The van der Waals surface area contributed by atoms with Gasteiger partial charge in [0.2, 0.25) is 23.6 Å². The molecule has 1 saturated carbocycles. The summed E-state index contributed by atoms with van der Waals surface area (Å²) in [5.74, 6) is -0.396. The van der Waals surface area contributed by atoms with Gasteiger partial charge in [-0.1, -0.05) is 50.2 Å². The number of aryl methyl sites for hydroxylation is 1. The van der Waals surface area contributed by atoms with Gasteiger partial charge in [-0.2, -0.15) is 0 Å². The maximum atomic E-state index is 14.4. The maximum Gasteiger partial charge on any atom is 0.254 e. The fourth-order valence-electron chi connectivity index (χ4n) is 12.6. The highest BCUT2D eigenvalue weighted by molar-refractivity contribution is 7.13. The first-order valence-electron chi connectivity index (χ1n) is 28.8. The largest absolute Gasteiger partial charge is 0.507 e. The number of aliphatic hydroxyl groups is 1. The Morgan fingerprint density at radius 3 is 2.38 bits per heavy atom. The lowest BCUT2D eigenvalue weighted by atomic mass is 9.91. The van der Waals surface area contributed by atoms with Crippen LogP contribution in [0.2, 0.25) is 0 Å². The van der Waals surface area contributed by atoms with Crippen molar-refractivity contribution in [3.63, 3.8) is 0 Å². The molecule has 2 aromatic carbocycles. The second-order valence-corrected chi connectivity index (χ2v) is 23.8. The van der Waals surface area contributed by atoms with Crippen LogP contribution in [0.3, 0.4) is 0 Å². The molecular formula is C60H74N12O9S. The van der Waals surface area contributed by atoms with Crippen molar-refractivity contribution in [1.29, 1.82) is 0 Å². The average Bonchev–Trinajstić information content (AvgIpc) is 4.41. The minimum atomic E-state index is -0.926. The molecule has 11 rings (SSSR count). The molecule has 5 fully saturated rings. The standard InChI is InChI=1S/C60H74N12O9S/c1-35(2)56(60(77)71-33-42(73)26-50(71)59(76)65-47(8-6-10-53(61)75)37-11-13-38(14-12-37)57-36(3)64-34-82-57)52-30-55(68-81-52)78-24-23-69-21-18-43(19-22-69)79-44-27-45(28-44)80-54-25-39(17-20-63-54)72-40-15-16-41(72)32-70(31-40)49-29-48(66-67-58(49)62)46-7-4-5-9-51(46)74/h4-5,7,9,11-14,17,20,25,29-30,34-35,40-45,47,50,56,73-74H,6,8,10,15-16,18-19,21-24,26-28,31-33H2,1-3H3,(H2,61,75)(H2,62,67)(H,65,76)/t40-,41?,42-,44?,45?,47+,50+,56+/m1/s1. The van der Waals surface area contributed by atoms with Gasteiger partial charge in [-0.3, -0.25) is 19.3 Å². The fraction of sp³-hybridized carbons (Fsp3) is 0.500. The van der Waals surface area contributed by atoms with Crippen LogP contribution in [0.4, 0.5) is 17.2 Å². The first kappa shape index (κ1) is 56.5. The van der Waals surface area contributed by atoms with E-state index < -0.39 is 35.9 Å². The summed E-state index contributed by atoms with van der Waals surface area (Å²) in [7, 11) is 0. The van der Waals surface area contributed by atoms with E-state index in [1.165, 1.54) is 4.90 Å². The molecule has 21 nitrogen and oxygen atoms in total. The van der Waals surface area contributed by atoms with Crippen molar-refractivity contribution in [2.45, 2.75) is 139 Å². The molecule has 2 bridgehead atoms. The van der Waals surface area contributed by atoms with E-state index in [4.69, 9.17) is 30.2 Å². The molecule has 8 heterocycles. The van der Waals surface area contributed by atoms with Crippen LogP contribution >= 0.6 is 11.3 Å². The van der Waals surface area contributed by atoms with Crippen molar-refractivity contribution in [2.75, 3.05) is 61.4 Å². The van der Waals surface area contributed by atoms with Gasteiger partial charge in [0.25, 0.3) is 5.88 Å². The first-order chi connectivity index (χ1) is 39.7. The van der Waals surface area contributed by atoms with Gasteiger partial charge in [-0.15, -0.1) is 21.5 Å². The number of carbonyl (C=O) groups is 3. The molecule has 1 aliphatic carbocycles. The molecule has 4 aliphatic heterocycles. The predicted molar refractivity (Wildman–Crippen MR) is 309 cm³/mol. The highest BCUT2D eigenvalue weighted by atomic mass is 32.1. The highest BCUT2D eigenvalue weighted by Crippen LogP contribution is 2.41. The molecule has 1 unspecified atom stereocenters. The molecule has 0 spiro atoms. The molecule has 0 radical (unpaired) electrons. The summed E-state index contributed by atoms with van der Waals surface area (Å²) in [4.78, 5) is 58.9. The van der Waals surface area contributed by atoms with Gasteiger partial charge in [0, 0.05) is 107 Å². The van der Waals surface area contributed by atoms with Crippen molar-refractivity contribution < 1.29 is 43.3 Å². The topological polar surface area (TPSA) is 274 Å². The lowest BCUT2D eigenvalue weighted by Gasteiger charge is -2.43. The van der Waals surface area contributed by atoms with Gasteiger partial charge < -0.3 is 60.4 Å². The molecule has 6 atom stereocenters. The van der Waals surface area contributed by atoms with Gasteiger partial charge in [0.15, 0.2) is 11.6 Å². The van der Waals surface area contributed by atoms with Crippen molar-refractivity contribution >= 4 is 46.3 Å². The van der Waals surface area contributed by atoms with E-state index in [0.717, 1.165) is 97.8 Å². The molecule has 82 heavy (non-hydrogen) atoms. The number of phenols is 1. The zero-order chi connectivity index (χ0) is 57.0. The maximum absolute atomic E-state index is 14.4.